The van der Waals surface area contributed by atoms with Gasteiger partial charge in [-0.1, -0.05) is 0 Å². The van der Waals surface area contributed by atoms with E-state index in [9.17, 15) is 25.0 Å². The van der Waals surface area contributed by atoms with Gasteiger partial charge in [0.2, 0.25) is 0 Å². The molecule has 0 saturated carbocycles. The van der Waals surface area contributed by atoms with E-state index in [4.69, 9.17) is 18.9 Å². The summed E-state index contributed by atoms with van der Waals surface area (Å²) in [5.41, 5.74) is -0.534. The number of nitrogens with zero attached hydrogens (tertiary/aromatic N) is 2. The molecular formula is C16H23N3O9. The zero-order chi connectivity index (χ0) is 20.8. The number of hydrogen-bond acceptors (Lipinski definition) is 10. The second kappa shape index (κ2) is 13.4. The van der Waals surface area contributed by atoms with Crippen LogP contribution >= 0.6 is 0 Å². The minimum Gasteiger partial charge on any atom is -0.463 e. The normalized spacial score (nSPS) is 10.5. The number of hydrogen-bond donors (Lipinski definition) is 1. The maximum absolute atomic E-state index is 11.0. The Morgan fingerprint density at radius 3 is 2.04 bits per heavy atom. The molecule has 0 bridgehead atoms. The smallest absolute Gasteiger partial charge is 0.302 e. The van der Waals surface area contributed by atoms with Crippen LogP contribution in [0.15, 0.2) is 18.2 Å². The van der Waals surface area contributed by atoms with E-state index in [1.54, 1.807) is 0 Å². The van der Waals surface area contributed by atoms with Crippen molar-refractivity contribution < 1.29 is 33.6 Å². The zero-order valence-corrected chi connectivity index (χ0v) is 15.5. The monoisotopic (exact) mass is 401 g/mol. The number of anilines is 1. The molecule has 0 heterocycles. The molecule has 12 nitrogen and oxygen atoms in total. The molecule has 0 aromatic heterocycles. The minimum absolute atomic E-state index is 0.182. The van der Waals surface area contributed by atoms with Crippen molar-refractivity contribution in [1.82, 2.24) is 0 Å². The van der Waals surface area contributed by atoms with Gasteiger partial charge in [-0.05, 0) is 6.07 Å². The molecule has 0 fully saturated rings. The van der Waals surface area contributed by atoms with Gasteiger partial charge in [0.25, 0.3) is 11.4 Å². The highest BCUT2D eigenvalue weighted by Crippen LogP contribution is 2.28. The van der Waals surface area contributed by atoms with E-state index in [1.807, 2.05) is 0 Å². The molecule has 156 valence electrons. The molecule has 12 heteroatoms. The lowest BCUT2D eigenvalue weighted by atomic mass is 10.2. The third kappa shape index (κ3) is 9.75. The molecular weight excluding hydrogens is 378 g/mol. The van der Waals surface area contributed by atoms with Crippen LogP contribution in [0.2, 0.25) is 0 Å². The highest BCUT2D eigenvalue weighted by molar-refractivity contribution is 5.66. The Bertz CT molecular complexity index is 654. The molecule has 0 aliphatic rings. The molecule has 0 saturated heterocycles. The molecule has 1 N–H and O–H groups in total. The van der Waals surface area contributed by atoms with Crippen molar-refractivity contribution in [2.75, 3.05) is 58.1 Å². The maximum atomic E-state index is 11.0. The fourth-order valence-corrected chi connectivity index (χ4v) is 1.98. The summed E-state index contributed by atoms with van der Waals surface area (Å²) in [6, 6.07) is 3.39. The lowest BCUT2D eigenvalue weighted by Crippen LogP contribution is -2.15. The van der Waals surface area contributed by atoms with Crippen molar-refractivity contribution in [3.63, 3.8) is 0 Å². The Morgan fingerprint density at radius 1 is 0.929 bits per heavy atom. The van der Waals surface area contributed by atoms with Gasteiger partial charge in [0.1, 0.15) is 12.3 Å². The molecule has 1 aromatic rings. The fraction of sp³-hybridized carbons (Fsp3) is 0.562. The average Bonchev–Trinajstić information content (AvgIpc) is 2.65. The number of nitrogens with one attached hydrogen (secondary N) is 1. The van der Waals surface area contributed by atoms with Gasteiger partial charge in [-0.25, -0.2) is 0 Å². The number of benzene rings is 1. The van der Waals surface area contributed by atoms with Crippen LogP contribution in [-0.4, -0.2) is 68.6 Å². The summed E-state index contributed by atoms with van der Waals surface area (Å²) in [6.45, 7) is 3.82. The maximum Gasteiger partial charge on any atom is 0.302 e. The quantitative estimate of drug-likeness (QED) is 0.198. The van der Waals surface area contributed by atoms with Crippen LogP contribution in [0.1, 0.15) is 6.92 Å². The highest BCUT2D eigenvalue weighted by Gasteiger charge is 2.18. The fourth-order valence-electron chi connectivity index (χ4n) is 1.98. The zero-order valence-electron chi connectivity index (χ0n) is 15.5. The number of esters is 1. The number of rotatable bonds is 15. The summed E-state index contributed by atoms with van der Waals surface area (Å²) >= 11 is 0. The van der Waals surface area contributed by atoms with Gasteiger partial charge in [-0.15, -0.1) is 0 Å². The van der Waals surface area contributed by atoms with E-state index in [0.717, 1.165) is 6.07 Å². The first-order valence-corrected chi connectivity index (χ1v) is 8.45. The molecule has 0 radical (unpaired) electrons. The van der Waals surface area contributed by atoms with Gasteiger partial charge < -0.3 is 24.3 Å². The van der Waals surface area contributed by atoms with E-state index in [2.05, 4.69) is 5.32 Å². The topological polar surface area (TPSA) is 152 Å². The van der Waals surface area contributed by atoms with Crippen LogP contribution in [0.4, 0.5) is 17.1 Å². The second-order valence-electron chi connectivity index (χ2n) is 5.32. The highest BCUT2D eigenvalue weighted by atomic mass is 16.6. The molecule has 0 unspecified atom stereocenters. The molecule has 0 aliphatic heterocycles. The van der Waals surface area contributed by atoms with Crippen LogP contribution < -0.4 is 5.32 Å². The minimum atomic E-state index is -0.690. The second-order valence-corrected chi connectivity index (χ2v) is 5.32. The van der Waals surface area contributed by atoms with E-state index in [0.29, 0.717) is 33.0 Å². The Kier molecular flexibility index (Phi) is 11.1. The van der Waals surface area contributed by atoms with Gasteiger partial charge in [0, 0.05) is 19.5 Å². The average molecular weight is 401 g/mol. The number of carbonyl (C=O) groups excluding carboxylic acids is 1. The van der Waals surface area contributed by atoms with Crippen molar-refractivity contribution in [3.05, 3.63) is 38.4 Å². The number of nitro benzene ring substituents is 2. The van der Waals surface area contributed by atoms with Gasteiger partial charge in [0.05, 0.1) is 55.6 Å². The van der Waals surface area contributed by atoms with E-state index >= 15 is 0 Å². The number of non-ortho nitro benzene ring substituents is 1. The Balaban J connectivity index is 2.09. The Morgan fingerprint density at radius 2 is 1.50 bits per heavy atom. The molecule has 0 amide bonds. The number of ether oxygens (including phenoxy) is 4. The van der Waals surface area contributed by atoms with Crippen molar-refractivity contribution >= 4 is 23.0 Å². The van der Waals surface area contributed by atoms with Crippen molar-refractivity contribution in [2.24, 2.45) is 0 Å². The SMILES string of the molecule is CC(=O)OCCOCCOCCOCCNc1ccc([N+](=O)[O-])cc1[N+](=O)[O-]. The molecule has 28 heavy (non-hydrogen) atoms. The van der Waals surface area contributed by atoms with Crippen molar-refractivity contribution in [2.45, 2.75) is 6.92 Å². The third-order valence-electron chi connectivity index (χ3n) is 3.23. The first-order chi connectivity index (χ1) is 13.4. The van der Waals surface area contributed by atoms with E-state index < -0.39 is 9.85 Å². The first-order valence-electron chi connectivity index (χ1n) is 8.45. The molecule has 1 rings (SSSR count). The standard InChI is InChI=1S/C16H23N3O9/c1-13(20)28-11-10-27-9-8-26-7-6-25-5-4-17-15-3-2-14(18(21)22)12-16(15)19(23)24/h2-3,12,17H,4-11H2,1H3. The Hall–Kier alpha value is -2.83. The predicted molar refractivity (Wildman–Crippen MR) is 97.3 cm³/mol. The first kappa shape index (κ1) is 23.2. The van der Waals surface area contributed by atoms with E-state index in [1.165, 1.54) is 19.1 Å². The third-order valence-corrected chi connectivity index (χ3v) is 3.23. The van der Waals surface area contributed by atoms with Gasteiger partial charge in [-0.3, -0.25) is 25.0 Å². The van der Waals surface area contributed by atoms with Gasteiger partial charge in [0.15, 0.2) is 0 Å². The van der Waals surface area contributed by atoms with Crippen LogP contribution in [0.25, 0.3) is 0 Å². The molecule has 1 aromatic carbocycles. The van der Waals surface area contributed by atoms with Crippen LogP contribution in [-0.2, 0) is 23.7 Å². The van der Waals surface area contributed by atoms with Crippen LogP contribution in [0.3, 0.4) is 0 Å². The summed E-state index contributed by atoms with van der Waals surface area (Å²) in [5, 5.41) is 24.5. The predicted octanol–water partition coefficient (Wildman–Crippen LogP) is 1.53. The van der Waals surface area contributed by atoms with E-state index in [-0.39, 0.29) is 42.8 Å². The summed E-state index contributed by atoms with van der Waals surface area (Å²) in [6.07, 6.45) is 0. The van der Waals surface area contributed by atoms with Gasteiger partial charge in [-0.2, -0.15) is 0 Å². The summed E-state index contributed by atoms with van der Waals surface area (Å²) in [7, 11) is 0. The summed E-state index contributed by atoms with van der Waals surface area (Å²) in [5.74, 6) is -0.352. The van der Waals surface area contributed by atoms with Crippen molar-refractivity contribution in [1.29, 1.82) is 0 Å². The summed E-state index contributed by atoms with van der Waals surface area (Å²) < 4.78 is 20.5. The van der Waals surface area contributed by atoms with Crippen molar-refractivity contribution in [3.8, 4) is 0 Å². The lowest BCUT2D eigenvalue weighted by Gasteiger charge is -2.09. The van der Waals surface area contributed by atoms with Crippen LogP contribution in [0.5, 0.6) is 0 Å². The number of carbonyl (C=O) groups is 1. The van der Waals surface area contributed by atoms with Gasteiger partial charge >= 0.3 is 5.97 Å². The largest absolute Gasteiger partial charge is 0.463 e. The molecule has 0 atom stereocenters. The Labute approximate surface area is 161 Å². The molecule has 0 aliphatic carbocycles. The van der Waals surface area contributed by atoms with Crippen LogP contribution in [0, 0.1) is 20.2 Å². The number of nitro groups is 2. The summed E-state index contributed by atoms with van der Waals surface area (Å²) in [4.78, 5) is 30.8. The lowest BCUT2D eigenvalue weighted by molar-refractivity contribution is -0.393. The molecule has 0 spiro atoms.